The van der Waals surface area contributed by atoms with Gasteiger partial charge in [-0.1, -0.05) is 353 Å². The first kappa shape index (κ1) is 75.6. The number of carbonyl (C=O) groups excluding carboxylic acids is 2. The van der Waals surface area contributed by atoms with E-state index in [-0.39, 0.29) is 18.5 Å². The van der Waals surface area contributed by atoms with E-state index >= 15 is 0 Å². The standard InChI is InChI=1S/C71H139NO5/c1-3-5-7-9-11-13-15-17-18-37-40-43-47-51-55-59-63-69(74)68(67-73)72-70(75)64-60-56-52-48-44-41-38-35-33-31-29-27-25-23-21-19-20-22-24-26-28-30-32-34-36-39-42-46-50-54-58-62-66-77-71(76)65-61-57-53-49-45-16-14-12-10-8-6-4-2/h12,14,68-69,73-74H,3-11,13,15-67H2,1-2H3,(H,72,75)/b14-12-. The Bertz CT molecular complexity index is 1160. The number of amides is 1. The summed E-state index contributed by atoms with van der Waals surface area (Å²) in [5.41, 5.74) is 0. The number of hydrogen-bond donors (Lipinski definition) is 3. The molecule has 0 aromatic heterocycles. The monoisotopic (exact) mass is 1090 g/mol. The second-order valence-electron chi connectivity index (χ2n) is 24.6. The van der Waals surface area contributed by atoms with Crippen LogP contribution in [-0.4, -0.2) is 47.4 Å². The number of allylic oxidation sites excluding steroid dienone is 2. The van der Waals surface area contributed by atoms with Gasteiger partial charge in [0.1, 0.15) is 0 Å². The summed E-state index contributed by atoms with van der Waals surface area (Å²) in [6, 6.07) is -0.537. The summed E-state index contributed by atoms with van der Waals surface area (Å²) in [5, 5.41) is 23.4. The van der Waals surface area contributed by atoms with Gasteiger partial charge in [-0.2, -0.15) is 0 Å². The van der Waals surface area contributed by atoms with Crippen LogP contribution in [0, 0.1) is 0 Å². The minimum atomic E-state index is -0.660. The van der Waals surface area contributed by atoms with Gasteiger partial charge in [0, 0.05) is 12.8 Å². The third-order valence-corrected chi connectivity index (χ3v) is 16.8. The van der Waals surface area contributed by atoms with Crippen molar-refractivity contribution in [2.75, 3.05) is 13.2 Å². The van der Waals surface area contributed by atoms with Crippen molar-refractivity contribution in [2.45, 2.75) is 418 Å². The molecule has 0 heterocycles. The fourth-order valence-electron chi connectivity index (χ4n) is 11.4. The average Bonchev–Trinajstić information content (AvgIpc) is 3.43. The first-order valence-electron chi connectivity index (χ1n) is 35.4. The molecule has 0 aliphatic rings. The summed E-state index contributed by atoms with van der Waals surface area (Å²) in [7, 11) is 0. The fraction of sp³-hybridized carbons (Fsp3) is 0.944. The van der Waals surface area contributed by atoms with Gasteiger partial charge >= 0.3 is 5.97 Å². The predicted molar refractivity (Wildman–Crippen MR) is 338 cm³/mol. The van der Waals surface area contributed by atoms with E-state index in [2.05, 4.69) is 31.3 Å². The molecule has 3 N–H and O–H groups in total. The van der Waals surface area contributed by atoms with Crippen LogP contribution in [0.15, 0.2) is 12.2 Å². The van der Waals surface area contributed by atoms with Gasteiger partial charge in [-0.15, -0.1) is 0 Å². The molecule has 77 heavy (non-hydrogen) atoms. The number of esters is 1. The zero-order valence-electron chi connectivity index (χ0n) is 52.5. The molecule has 2 unspecified atom stereocenters. The lowest BCUT2D eigenvalue weighted by Gasteiger charge is -2.22. The molecule has 6 heteroatoms. The topological polar surface area (TPSA) is 95.9 Å². The van der Waals surface area contributed by atoms with E-state index < -0.39 is 12.1 Å². The molecule has 458 valence electrons. The Morgan fingerprint density at radius 3 is 0.948 bits per heavy atom. The molecule has 0 fully saturated rings. The normalized spacial score (nSPS) is 12.5. The van der Waals surface area contributed by atoms with Gasteiger partial charge in [0.25, 0.3) is 0 Å². The van der Waals surface area contributed by atoms with Crippen LogP contribution in [0.1, 0.15) is 406 Å². The molecule has 0 saturated carbocycles. The van der Waals surface area contributed by atoms with Crippen LogP contribution >= 0.6 is 0 Å². The van der Waals surface area contributed by atoms with Crippen LogP contribution in [0.25, 0.3) is 0 Å². The summed E-state index contributed by atoms with van der Waals surface area (Å²) in [4.78, 5) is 24.5. The second kappa shape index (κ2) is 67.1. The van der Waals surface area contributed by atoms with Crippen molar-refractivity contribution in [1.29, 1.82) is 0 Å². The summed E-state index contributed by atoms with van der Waals surface area (Å²) in [5.74, 6) is -0.0149. The van der Waals surface area contributed by atoms with E-state index in [4.69, 9.17) is 4.74 Å². The van der Waals surface area contributed by atoms with Crippen LogP contribution in [0.5, 0.6) is 0 Å². The van der Waals surface area contributed by atoms with E-state index in [1.54, 1.807) is 0 Å². The Hall–Kier alpha value is -1.40. The smallest absolute Gasteiger partial charge is 0.305 e. The van der Waals surface area contributed by atoms with Crippen molar-refractivity contribution in [2.24, 2.45) is 0 Å². The van der Waals surface area contributed by atoms with Gasteiger partial charge in [-0.3, -0.25) is 9.59 Å². The van der Waals surface area contributed by atoms with Crippen LogP contribution in [0.4, 0.5) is 0 Å². The Morgan fingerprint density at radius 2 is 0.610 bits per heavy atom. The first-order chi connectivity index (χ1) is 38.0. The van der Waals surface area contributed by atoms with Crippen LogP contribution in [0.3, 0.4) is 0 Å². The highest BCUT2D eigenvalue weighted by Gasteiger charge is 2.20. The zero-order chi connectivity index (χ0) is 55.7. The Labute approximate surface area is 482 Å². The fourth-order valence-corrected chi connectivity index (χ4v) is 11.4. The molecule has 0 saturated heterocycles. The van der Waals surface area contributed by atoms with Crippen molar-refractivity contribution in [3.63, 3.8) is 0 Å². The third kappa shape index (κ3) is 63.6. The summed E-state index contributed by atoms with van der Waals surface area (Å²) < 4.78 is 5.48. The molecule has 1 amide bonds. The Balaban J connectivity index is 3.31. The number of hydrogen-bond acceptors (Lipinski definition) is 5. The number of aliphatic hydroxyl groups excluding tert-OH is 2. The molecule has 0 spiro atoms. The number of carbonyl (C=O) groups is 2. The maximum Gasteiger partial charge on any atom is 0.305 e. The highest BCUT2D eigenvalue weighted by Crippen LogP contribution is 2.19. The Kier molecular flexibility index (Phi) is 65.9. The van der Waals surface area contributed by atoms with Crippen molar-refractivity contribution >= 4 is 11.9 Å². The average molecular weight is 1090 g/mol. The number of ether oxygens (including phenoxy) is 1. The van der Waals surface area contributed by atoms with E-state index in [0.717, 1.165) is 44.9 Å². The first-order valence-corrected chi connectivity index (χ1v) is 35.4. The summed E-state index contributed by atoms with van der Waals surface area (Å²) >= 11 is 0. The van der Waals surface area contributed by atoms with Gasteiger partial charge in [0.2, 0.25) is 5.91 Å². The quantitative estimate of drug-likeness (QED) is 0.0320. The minimum Gasteiger partial charge on any atom is -0.466 e. The SMILES string of the molecule is CCCCC/C=C\CCCCCCCC(=O)OCCCCCCCCCCCCCCCCCCCCCCCCCCCCCCCCCCC(=O)NC(CO)C(O)CCCCCCCCCCCCCCCCCC. The van der Waals surface area contributed by atoms with Crippen LogP contribution < -0.4 is 5.32 Å². The second-order valence-corrected chi connectivity index (χ2v) is 24.6. The van der Waals surface area contributed by atoms with Crippen molar-refractivity contribution in [1.82, 2.24) is 5.32 Å². The highest BCUT2D eigenvalue weighted by atomic mass is 16.5. The largest absolute Gasteiger partial charge is 0.466 e. The third-order valence-electron chi connectivity index (χ3n) is 16.8. The highest BCUT2D eigenvalue weighted by molar-refractivity contribution is 5.76. The number of aliphatic hydroxyl groups is 2. The molecular formula is C71H139NO5. The molecular weight excluding hydrogens is 947 g/mol. The van der Waals surface area contributed by atoms with E-state index in [0.29, 0.717) is 25.9 Å². The lowest BCUT2D eigenvalue weighted by Crippen LogP contribution is -2.45. The number of rotatable bonds is 67. The molecule has 0 aliphatic carbocycles. The molecule has 0 aromatic rings. The molecule has 2 atom stereocenters. The number of unbranched alkanes of at least 4 members (excludes halogenated alkanes) is 54. The van der Waals surface area contributed by atoms with Crippen LogP contribution in [0.2, 0.25) is 0 Å². The number of nitrogens with one attached hydrogen (secondary N) is 1. The maximum absolute atomic E-state index is 12.5. The Morgan fingerprint density at radius 1 is 0.351 bits per heavy atom. The lowest BCUT2D eigenvalue weighted by atomic mass is 10.0. The van der Waals surface area contributed by atoms with Crippen molar-refractivity contribution in [3.8, 4) is 0 Å². The molecule has 6 nitrogen and oxygen atoms in total. The van der Waals surface area contributed by atoms with Gasteiger partial charge in [-0.05, 0) is 51.4 Å². The van der Waals surface area contributed by atoms with Gasteiger partial charge in [0.15, 0.2) is 0 Å². The summed E-state index contributed by atoms with van der Waals surface area (Å²) in [6.45, 7) is 4.97. The van der Waals surface area contributed by atoms with Crippen molar-refractivity contribution < 1.29 is 24.5 Å². The van der Waals surface area contributed by atoms with Crippen molar-refractivity contribution in [3.05, 3.63) is 12.2 Å². The molecule has 0 aliphatic heterocycles. The summed E-state index contributed by atoms with van der Waals surface area (Å²) in [6.07, 6.45) is 82.7. The molecule has 0 aromatic carbocycles. The van der Waals surface area contributed by atoms with Gasteiger partial charge in [0.05, 0.1) is 25.4 Å². The molecule has 0 radical (unpaired) electrons. The van der Waals surface area contributed by atoms with E-state index in [9.17, 15) is 19.8 Å². The molecule has 0 bridgehead atoms. The zero-order valence-corrected chi connectivity index (χ0v) is 52.5. The minimum absolute atomic E-state index is 0.0118. The van der Waals surface area contributed by atoms with Gasteiger partial charge in [-0.25, -0.2) is 0 Å². The van der Waals surface area contributed by atoms with E-state index in [1.165, 1.54) is 327 Å². The molecule has 0 rings (SSSR count). The van der Waals surface area contributed by atoms with E-state index in [1.807, 2.05) is 0 Å². The van der Waals surface area contributed by atoms with Gasteiger partial charge < -0.3 is 20.3 Å². The lowest BCUT2D eigenvalue weighted by molar-refractivity contribution is -0.143. The van der Waals surface area contributed by atoms with Crippen LogP contribution in [-0.2, 0) is 14.3 Å². The maximum atomic E-state index is 12.5. The predicted octanol–water partition coefficient (Wildman–Crippen LogP) is 22.8.